The number of aromatic nitrogens is 4. The highest BCUT2D eigenvalue weighted by molar-refractivity contribution is 7.99. The van der Waals surface area contributed by atoms with Crippen molar-refractivity contribution in [3.63, 3.8) is 0 Å². The molecular weight excluding hydrogens is 464 g/mol. The molecule has 0 spiro atoms. The standard InChI is InChI=1S/C22H23ClN6O3S/c1-2-32-22(31)28-13-11-27(12-14-28)19(30)15-33-21-26-25-20(16-7-9-24-10-8-16)29(21)18-6-4-3-5-17(18)23/h3-10H,2,11-15H2,1H3. The Morgan fingerprint density at radius 3 is 2.42 bits per heavy atom. The third-order valence-corrected chi connectivity index (χ3v) is 6.38. The molecule has 1 aliphatic heterocycles. The number of thioether (sulfide) groups is 1. The minimum Gasteiger partial charge on any atom is -0.450 e. The van der Waals surface area contributed by atoms with Crippen LogP contribution in [-0.2, 0) is 9.53 Å². The van der Waals surface area contributed by atoms with Crippen molar-refractivity contribution >= 4 is 35.4 Å². The summed E-state index contributed by atoms with van der Waals surface area (Å²) in [7, 11) is 0. The van der Waals surface area contributed by atoms with Crippen LogP contribution in [0.3, 0.4) is 0 Å². The Balaban J connectivity index is 1.49. The van der Waals surface area contributed by atoms with Crippen LogP contribution in [-0.4, -0.2) is 80.1 Å². The molecular formula is C22H23ClN6O3S. The number of carbonyl (C=O) groups is 2. The number of amides is 2. The van der Waals surface area contributed by atoms with Gasteiger partial charge in [0.25, 0.3) is 0 Å². The van der Waals surface area contributed by atoms with Gasteiger partial charge in [0.15, 0.2) is 11.0 Å². The first kappa shape index (κ1) is 23.1. The van der Waals surface area contributed by atoms with Gasteiger partial charge in [-0.2, -0.15) is 0 Å². The van der Waals surface area contributed by atoms with Gasteiger partial charge in [-0.3, -0.25) is 14.3 Å². The van der Waals surface area contributed by atoms with Crippen molar-refractivity contribution in [3.8, 4) is 17.1 Å². The Morgan fingerprint density at radius 1 is 1.03 bits per heavy atom. The zero-order valence-electron chi connectivity index (χ0n) is 18.1. The summed E-state index contributed by atoms with van der Waals surface area (Å²) in [5.74, 6) is 0.782. The minimum absolute atomic E-state index is 0.0253. The first-order valence-electron chi connectivity index (χ1n) is 10.5. The molecule has 0 radical (unpaired) electrons. The highest BCUT2D eigenvalue weighted by atomic mass is 35.5. The van der Waals surface area contributed by atoms with E-state index >= 15 is 0 Å². The predicted octanol–water partition coefficient (Wildman–Crippen LogP) is 3.38. The molecule has 9 nitrogen and oxygen atoms in total. The number of nitrogens with zero attached hydrogens (tertiary/aromatic N) is 6. The number of hydrogen-bond donors (Lipinski definition) is 0. The molecule has 0 atom stereocenters. The Kier molecular flexibility index (Phi) is 7.46. The lowest BCUT2D eigenvalue weighted by molar-refractivity contribution is -0.129. The summed E-state index contributed by atoms with van der Waals surface area (Å²) < 4.78 is 6.89. The summed E-state index contributed by atoms with van der Waals surface area (Å²) in [6.07, 6.45) is 3.04. The van der Waals surface area contributed by atoms with Gasteiger partial charge in [-0.15, -0.1) is 10.2 Å². The Labute approximate surface area is 200 Å². The fourth-order valence-corrected chi connectivity index (χ4v) is 4.54. The van der Waals surface area contributed by atoms with Crippen LogP contribution in [0.2, 0.25) is 5.02 Å². The smallest absolute Gasteiger partial charge is 0.409 e. The molecule has 4 rings (SSSR count). The maximum absolute atomic E-state index is 12.8. The Morgan fingerprint density at radius 2 is 1.73 bits per heavy atom. The zero-order chi connectivity index (χ0) is 23.2. The third-order valence-electron chi connectivity index (χ3n) is 5.15. The summed E-state index contributed by atoms with van der Waals surface area (Å²) in [5.41, 5.74) is 1.57. The van der Waals surface area contributed by atoms with Gasteiger partial charge in [0.1, 0.15) is 0 Å². The Hall–Kier alpha value is -3.11. The summed E-state index contributed by atoms with van der Waals surface area (Å²) in [4.78, 5) is 32.1. The van der Waals surface area contributed by atoms with Crippen LogP contribution in [0.5, 0.6) is 0 Å². The molecule has 0 aliphatic carbocycles. The largest absolute Gasteiger partial charge is 0.450 e. The third kappa shape index (κ3) is 5.28. The van der Waals surface area contributed by atoms with E-state index in [1.807, 2.05) is 34.9 Å². The molecule has 11 heteroatoms. The molecule has 1 fully saturated rings. The van der Waals surface area contributed by atoms with E-state index in [4.69, 9.17) is 16.3 Å². The molecule has 3 heterocycles. The topological polar surface area (TPSA) is 93.4 Å². The van der Waals surface area contributed by atoms with Gasteiger partial charge in [-0.1, -0.05) is 35.5 Å². The van der Waals surface area contributed by atoms with E-state index in [1.54, 1.807) is 35.2 Å². The summed E-state index contributed by atoms with van der Waals surface area (Å²) in [6.45, 7) is 3.96. The van der Waals surface area contributed by atoms with Crippen molar-refractivity contribution in [2.75, 3.05) is 38.5 Å². The molecule has 2 aromatic heterocycles. The van der Waals surface area contributed by atoms with E-state index in [0.29, 0.717) is 48.8 Å². The number of ether oxygens (including phenoxy) is 1. The number of pyridine rings is 1. The lowest BCUT2D eigenvalue weighted by atomic mass is 10.2. The van der Waals surface area contributed by atoms with E-state index in [9.17, 15) is 9.59 Å². The second-order valence-electron chi connectivity index (χ2n) is 7.18. The van der Waals surface area contributed by atoms with Crippen molar-refractivity contribution in [1.29, 1.82) is 0 Å². The molecule has 0 bridgehead atoms. The monoisotopic (exact) mass is 486 g/mol. The first-order valence-corrected chi connectivity index (χ1v) is 11.9. The Bertz CT molecular complexity index is 1120. The summed E-state index contributed by atoms with van der Waals surface area (Å²) in [6, 6.07) is 11.1. The molecule has 172 valence electrons. The van der Waals surface area contributed by atoms with Gasteiger partial charge >= 0.3 is 6.09 Å². The van der Waals surface area contributed by atoms with Gasteiger partial charge in [-0.25, -0.2) is 4.79 Å². The lowest BCUT2D eigenvalue weighted by Crippen LogP contribution is -2.51. The van der Waals surface area contributed by atoms with Crippen molar-refractivity contribution in [1.82, 2.24) is 29.5 Å². The van der Waals surface area contributed by atoms with E-state index in [0.717, 1.165) is 11.3 Å². The van der Waals surface area contributed by atoms with E-state index < -0.39 is 0 Å². The SMILES string of the molecule is CCOC(=O)N1CCN(C(=O)CSc2nnc(-c3ccncc3)n2-c2ccccc2Cl)CC1. The molecule has 1 aromatic carbocycles. The van der Waals surface area contributed by atoms with E-state index in [1.165, 1.54) is 11.8 Å². The number of carbonyl (C=O) groups excluding carboxylic acids is 2. The van der Waals surface area contributed by atoms with Gasteiger partial charge in [0.2, 0.25) is 5.91 Å². The van der Waals surface area contributed by atoms with Crippen molar-refractivity contribution < 1.29 is 14.3 Å². The average molecular weight is 487 g/mol. The van der Waals surface area contributed by atoms with Gasteiger partial charge in [-0.05, 0) is 31.2 Å². The van der Waals surface area contributed by atoms with Crippen molar-refractivity contribution in [2.45, 2.75) is 12.1 Å². The molecule has 0 unspecified atom stereocenters. The van der Waals surface area contributed by atoms with Crippen LogP contribution >= 0.6 is 23.4 Å². The summed E-state index contributed by atoms with van der Waals surface area (Å²) >= 11 is 7.78. The van der Waals surface area contributed by atoms with Crippen LogP contribution in [0.15, 0.2) is 53.9 Å². The molecule has 1 aliphatic rings. The number of hydrogen-bond acceptors (Lipinski definition) is 7. The number of piperazine rings is 1. The predicted molar refractivity (Wildman–Crippen MR) is 125 cm³/mol. The molecule has 0 saturated carbocycles. The number of para-hydroxylation sites is 1. The van der Waals surface area contributed by atoms with Crippen LogP contribution in [0.1, 0.15) is 6.92 Å². The van der Waals surface area contributed by atoms with Crippen LogP contribution in [0.4, 0.5) is 4.79 Å². The number of halogens is 1. The van der Waals surface area contributed by atoms with E-state index in [-0.39, 0.29) is 17.8 Å². The van der Waals surface area contributed by atoms with Crippen LogP contribution in [0.25, 0.3) is 17.1 Å². The molecule has 3 aromatic rings. The zero-order valence-corrected chi connectivity index (χ0v) is 19.6. The van der Waals surface area contributed by atoms with Crippen molar-refractivity contribution in [2.24, 2.45) is 0 Å². The maximum Gasteiger partial charge on any atom is 0.409 e. The van der Waals surface area contributed by atoms with Gasteiger partial charge < -0.3 is 14.5 Å². The summed E-state index contributed by atoms with van der Waals surface area (Å²) in [5, 5.41) is 9.82. The fraction of sp³-hybridized carbons (Fsp3) is 0.318. The molecule has 2 amide bonds. The molecule has 33 heavy (non-hydrogen) atoms. The second-order valence-corrected chi connectivity index (χ2v) is 8.53. The van der Waals surface area contributed by atoms with Gasteiger partial charge in [0, 0.05) is 44.1 Å². The normalized spacial score (nSPS) is 13.8. The number of rotatable bonds is 6. The average Bonchev–Trinajstić information content (AvgIpc) is 3.27. The van der Waals surface area contributed by atoms with Crippen LogP contribution in [0, 0.1) is 0 Å². The minimum atomic E-state index is -0.338. The van der Waals surface area contributed by atoms with E-state index in [2.05, 4.69) is 15.2 Å². The molecule has 0 N–H and O–H groups in total. The number of benzene rings is 1. The first-order chi connectivity index (χ1) is 16.1. The van der Waals surface area contributed by atoms with Gasteiger partial charge in [0.05, 0.1) is 23.1 Å². The maximum atomic E-state index is 12.8. The fourth-order valence-electron chi connectivity index (χ4n) is 3.47. The quantitative estimate of drug-likeness (QED) is 0.493. The molecule has 1 saturated heterocycles. The lowest BCUT2D eigenvalue weighted by Gasteiger charge is -2.34. The highest BCUT2D eigenvalue weighted by Crippen LogP contribution is 2.31. The highest BCUT2D eigenvalue weighted by Gasteiger charge is 2.26. The van der Waals surface area contributed by atoms with Crippen molar-refractivity contribution in [3.05, 3.63) is 53.8 Å². The second kappa shape index (κ2) is 10.7. The van der Waals surface area contributed by atoms with Crippen LogP contribution < -0.4 is 0 Å².